The van der Waals surface area contributed by atoms with Crippen molar-refractivity contribution in [3.05, 3.63) is 54.4 Å². The van der Waals surface area contributed by atoms with Crippen LogP contribution >= 0.6 is 0 Å². The van der Waals surface area contributed by atoms with E-state index in [0.717, 1.165) is 18.5 Å². The number of benzene rings is 1. The SMILES string of the molecule is CCOC(=O)C(C)CN(C(=O)c1ccc(-n2cccc2)cc1)C1CC1. The van der Waals surface area contributed by atoms with Gasteiger partial charge in [0, 0.05) is 36.2 Å². The molecule has 1 saturated carbocycles. The van der Waals surface area contributed by atoms with E-state index < -0.39 is 0 Å². The molecule has 5 nitrogen and oxygen atoms in total. The van der Waals surface area contributed by atoms with Gasteiger partial charge in [-0.15, -0.1) is 0 Å². The molecule has 1 fully saturated rings. The molecule has 132 valence electrons. The standard InChI is InChI=1S/C20H24N2O3/c1-3-25-20(24)15(2)14-22(18-10-11-18)19(23)16-6-8-17(9-7-16)21-12-4-5-13-21/h4-9,12-13,15,18H,3,10-11,14H2,1-2H3. The van der Waals surface area contributed by atoms with E-state index in [4.69, 9.17) is 4.74 Å². The van der Waals surface area contributed by atoms with Crippen molar-refractivity contribution in [2.24, 2.45) is 5.92 Å². The van der Waals surface area contributed by atoms with Crippen molar-refractivity contribution in [3.8, 4) is 5.69 Å². The van der Waals surface area contributed by atoms with Gasteiger partial charge in [0.05, 0.1) is 12.5 Å². The highest BCUT2D eigenvalue weighted by molar-refractivity contribution is 5.95. The first-order chi connectivity index (χ1) is 12.1. The number of hydrogen-bond acceptors (Lipinski definition) is 3. The lowest BCUT2D eigenvalue weighted by atomic mass is 10.1. The summed E-state index contributed by atoms with van der Waals surface area (Å²) in [6.45, 7) is 4.37. The smallest absolute Gasteiger partial charge is 0.310 e. The molecule has 5 heteroatoms. The van der Waals surface area contributed by atoms with Crippen LogP contribution in [0.2, 0.25) is 0 Å². The summed E-state index contributed by atoms with van der Waals surface area (Å²) in [6, 6.07) is 11.7. The molecule has 1 aromatic heterocycles. The Balaban J connectivity index is 1.71. The van der Waals surface area contributed by atoms with E-state index in [1.165, 1.54) is 0 Å². The summed E-state index contributed by atoms with van der Waals surface area (Å²) in [5.74, 6) is -0.578. The Bertz CT molecular complexity index is 718. The maximum atomic E-state index is 12.9. The quantitative estimate of drug-likeness (QED) is 0.727. The number of rotatable bonds is 7. The van der Waals surface area contributed by atoms with Crippen molar-refractivity contribution in [3.63, 3.8) is 0 Å². The van der Waals surface area contributed by atoms with E-state index in [9.17, 15) is 9.59 Å². The topological polar surface area (TPSA) is 51.5 Å². The number of hydrogen-bond donors (Lipinski definition) is 0. The van der Waals surface area contributed by atoms with Crippen LogP contribution in [-0.4, -0.2) is 40.5 Å². The summed E-state index contributed by atoms with van der Waals surface area (Å²) in [7, 11) is 0. The molecule has 1 aromatic carbocycles. The van der Waals surface area contributed by atoms with Crippen molar-refractivity contribution < 1.29 is 14.3 Å². The molecule has 3 rings (SSSR count). The second-order valence-electron chi connectivity index (χ2n) is 6.48. The fourth-order valence-corrected chi connectivity index (χ4v) is 2.89. The summed E-state index contributed by atoms with van der Waals surface area (Å²) in [5.41, 5.74) is 1.67. The molecule has 1 aliphatic rings. The van der Waals surface area contributed by atoms with Crippen LogP contribution < -0.4 is 0 Å². The lowest BCUT2D eigenvalue weighted by molar-refractivity contribution is -0.147. The molecule has 1 heterocycles. The van der Waals surface area contributed by atoms with Gasteiger partial charge in [0.1, 0.15) is 0 Å². The number of amides is 1. The summed E-state index contributed by atoms with van der Waals surface area (Å²) in [6.07, 6.45) is 5.94. The number of nitrogens with zero attached hydrogens (tertiary/aromatic N) is 2. The van der Waals surface area contributed by atoms with Gasteiger partial charge in [0.25, 0.3) is 5.91 Å². The first-order valence-electron chi connectivity index (χ1n) is 8.81. The second-order valence-corrected chi connectivity index (χ2v) is 6.48. The molecule has 0 aliphatic heterocycles. The highest BCUT2D eigenvalue weighted by atomic mass is 16.5. The number of aromatic nitrogens is 1. The van der Waals surface area contributed by atoms with Crippen LogP contribution in [0, 0.1) is 5.92 Å². The van der Waals surface area contributed by atoms with Crippen molar-refractivity contribution in [1.29, 1.82) is 0 Å². The highest BCUT2D eigenvalue weighted by Gasteiger charge is 2.35. The minimum atomic E-state index is -0.316. The molecular weight excluding hydrogens is 316 g/mol. The molecule has 0 radical (unpaired) electrons. The van der Waals surface area contributed by atoms with Crippen LogP contribution in [0.1, 0.15) is 37.0 Å². The van der Waals surface area contributed by atoms with Gasteiger partial charge in [0.2, 0.25) is 0 Å². The first kappa shape index (κ1) is 17.3. The number of esters is 1. The summed E-state index contributed by atoms with van der Waals surface area (Å²) < 4.78 is 7.06. The first-order valence-corrected chi connectivity index (χ1v) is 8.81. The minimum Gasteiger partial charge on any atom is -0.466 e. The van der Waals surface area contributed by atoms with Gasteiger partial charge in [-0.1, -0.05) is 6.92 Å². The van der Waals surface area contributed by atoms with Gasteiger partial charge >= 0.3 is 5.97 Å². The molecule has 0 saturated heterocycles. The zero-order chi connectivity index (χ0) is 17.8. The second kappa shape index (κ2) is 7.55. The Morgan fingerprint density at radius 2 is 1.84 bits per heavy atom. The Morgan fingerprint density at radius 1 is 1.20 bits per heavy atom. The van der Waals surface area contributed by atoms with E-state index in [2.05, 4.69) is 0 Å². The third kappa shape index (κ3) is 4.10. The molecule has 0 spiro atoms. The largest absolute Gasteiger partial charge is 0.466 e. The fraction of sp³-hybridized carbons (Fsp3) is 0.400. The highest BCUT2D eigenvalue weighted by Crippen LogP contribution is 2.29. The zero-order valence-electron chi connectivity index (χ0n) is 14.7. The average molecular weight is 340 g/mol. The van der Waals surface area contributed by atoms with Crippen LogP contribution in [0.5, 0.6) is 0 Å². The van der Waals surface area contributed by atoms with Crippen molar-refractivity contribution in [1.82, 2.24) is 9.47 Å². The predicted octanol–water partition coefficient (Wildman–Crippen LogP) is 3.28. The van der Waals surface area contributed by atoms with Gasteiger partial charge in [-0.25, -0.2) is 0 Å². The fourth-order valence-electron chi connectivity index (χ4n) is 2.89. The molecule has 1 unspecified atom stereocenters. The number of carbonyl (C=O) groups is 2. The van der Waals surface area contributed by atoms with E-state index in [0.29, 0.717) is 18.7 Å². The Kier molecular flexibility index (Phi) is 5.22. The van der Waals surface area contributed by atoms with Gasteiger partial charge in [-0.05, 0) is 56.2 Å². The monoisotopic (exact) mass is 340 g/mol. The molecular formula is C20H24N2O3. The minimum absolute atomic E-state index is 0.0160. The van der Waals surface area contributed by atoms with Crippen LogP contribution in [0.15, 0.2) is 48.8 Å². The van der Waals surface area contributed by atoms with Gasteiger partial charge in [-0.2, -0.15) is 0 Å². The third-order valence-corrected chi connectivity index (χ3v) is 4.42. The molecule has 1 aliphatic carbocycles. The summed E-state index contributed by atoms with van der Waals surface area (Å²) >= 11 is 0. The van der Waals surface area contributed by atoms with E-state index >= 15 is 0 Å². The summed E-state index contributed by atoms with van der Waals surface area (Å²) in [5, 5.41) is 0. The van der Waals surface area contributed by atoms with E-state index in [1.807, 2.05) is 65.2 Å². The van der Waals surface area contributed by atoms with Crippen molar-refractivity contribution in [2.75, 3.05) is 13.2 Å². The predicted molar refractivity (Wildman–Crippen MR) is 95.6 cm³/mol. The van der Waals surface area contributed by atoms with Crippen molar-refractivity contribution >= 4 is 11.9 Å². The summed E-state index contributed by atoms with van der Waals surface area (Å²) in [4.78, 5) is 26.6. The molecule has 25 heavy (non-hydrogen) atoms. The van der Waals surface area contributed by atoms with Gasteiger partial charge in [0.15, 0.2) is 0 Å². The maximum Gasteiger partial charge on any atom is 0.310 e. The normalized spacial score (nSPS) is 14.8. The molecule has 1 atom stereocenters. The van der Waals surface area contributed by atoms with Crippen LogP contribution in [0.3, 0.4) is 0 Å². The Hall–Kier alpha value is -2.56. The zero-order valence-corrected chi connectivity index (χ0v) is 14.7. The lowest BCUT2D eigenvalue weighted by Gasteiger charge is -2.25. The average Bonchev–Trinajstić information content (AvgIpc) is 3.32. The molecule has 0 N–H and O–H groups in total. The number of carbonyl (C=O) groups excluding carboxylic acids is 2. The van der Waals surface area contributed by atoms with Crippen LogP contribution in [0.4, 0.5) is 0 Å². The lowest BCUT2D eigenvalue weighted by Crippen LogP contribution is -2.39. The van der Waals surface area contributed by atoms with Crippen molar-refractivity contribution in [2.45, 2.75) is 32.7 Å². The Morgan fingerprint density at radius 3 is 2.40 bits per heavy atom. The molecule has 2 aromatic rings. The maximum absolute atomic E-state index is 12.9. The van der Waals surface area contributed by atoms with Crippen LogP contribution in [0.25, 0.3) is 5.69 Å². The van der Waals surface area contributed by atoms with E-state index in [1.54, 1.807) is 6.92 Å². The van der Waals surface area contributed by atoms with Gasteiger partial charge < -0.3 is 14.2 Å². The van der Waals surface area contributed by atoms with Crippen LogP contribution in [-0.2, 0) is 9.53 Å². The van der Waals surface area contributed by atoms with E-state index in [-0.39, 0.29) is 23.8 Å². The molecule has 1 amide bonds. The van der Waals surface area contributed by atoms with Gasteiger partial charge in [-0.3, -0.25) is 9.59 Å². The third-order valence-electron chi connectivity index (χ3n) is 4.42. The molecule has 0 bridgehead atoms. The Labute approximate surface area is 148 Å². The number of ether oxygens (including phenoxy) is 1.